The van der Waals surface area contributed by atoms with Gasteiger partial charge in [0.1, 0.15) is 0 Å². The number of hydrogen-bond acceptors (Lipinski definition) is 5. The number of imide groups is 1. The molecule has 8 nitrogen and oxygen atoms in total. The lowest BCUT2D eigenvalue weighted by Crippen LogP contribution is -2.49. The maximum Gasteiger partial charge on any atom is 0.418 e. The molecule has 1 aliphatic heterocycles. The number of para-hydroxylation sites is 1. The third kappa shape index (κ3) is 4.03. The fraction of sp³-hybridized carbons (Fsp3) is 0.0870. The summed E-state index contributed by atoms with van der Waals surface area (Å²) in [5.41, 5.74) is 2.27. The van der Waals surface area contributed by atoms with E-state index in [1.165, 1.54) is 18.2 Å². The fourth-order valence-corrected chi connectivity index (χ4v) is 4.47. The van der Waals surface area contributed by atoms with Crippen molar-refractivity contribution < 1.29 is 23.1 Å². The van der Waals surface area contributed by atoms with Crippen LogP contribution >= 0.6 is 0 Å². The molecule has 0 radical (unpaired) electrons. The van der Waals surface area contributed by atoms with Crippen LogP contribution < -0.4 is 9.62 Å². The summed E-state index contributed by atoms with van der Waals surface area (Å²) in [6, 6.07) is 21.3. The molecule has 162 valence electrons. The first kappa shape index (κ1) is 21.4. The number of sulfonamides is 1. The van der Waals surface area contributed by atoms with Crippen molar-refractivity contribution in [3.05, 3.63) is 95.6 Å². The number of aryl methyl sites for hydroxylation is 1. The fourth-order valence-electron chi connectivity index (χ4n) is 3.40. The number of carboxylic acid groups (broad SMARTS) is 1. The van der Waals surface area contributed by atoms with Crippen LogP contribution in [0.5, 0.6) is 0 Å². The van der Waals surface area contributed by atoms with Gasteiger partial charge in [-0.1, -0.05) is 66.2 Å². The first-order valence-electron chi connectivity index (χ1n) is 9.66. The normalized spacial score (nSPS) is 16.2. The SMILES string of the molecule is Cc1ccc(S(=O)(=O)NC2N=C(c3ccccc3)c3ccccc3N(C(=O)O)C2=O)cc1. The maximum atomic E-state index is 13.2. The lowest BCUT2D eigenvalue weighted by atomic mass is 10.0. The van der Waals surface area contributed by atoms with Crippen molar-refractivity contribution in [2.75, 3.05) is 4.90 Å². The zero-order valence-corrected chi connectivity index (χ0v) is 17.8. The Bertz CT molecular complexity index is 1320. The van der Waals surface area contributed by atoms with E-state index in [1.54, 1.807) is 60.7 Å². The van der Waals surface area contributed by atoms with Crippen molar-refractivity contribution in [2.24, 2.45) is 4.99 Å². The number of benzene rings is 3. The van der Waals surface area contributed by atoms with Crippen molar-refractivity contribution in [1.29, 1.82) is 0 Å². The van der Waals surface area contributed by atoms with Gasteiger partial charge in [0, 0.05) is 11.1 Å². The number of carbonyl (C=O) groups excluding carboxylic acids is 1. The highest BCUT2D eigenvalue weighted by Gasteiger charge is 2.38. The first-order valence-corrected chi connectivity index (χ1v) is 11.1. The third-order valence-corrected chi connectivity index (χ3v) is 6.38. The lowest BCUT2D eigenvalue weighted by Gasteiger charge is -2.20. The van der Waals surface area contributed by atoms with Crippen LogP contribution in [0.2, 0.25) is 0 Å². The molecule has 2 amide bonds. The van der Waals surface area contributed by atoms with Crippen molar-refractivity contribution in [2.45, 2.75) is 18.0 Å². The minimum atomic E-state index is -4.17. The van der Waals surface area contributed by atoms with Crippen LogP contribution in [0.1, 0.15) is 16.7 Å². The molecule has 0 saturated carbocycles. The number of fused-ring (bicyclic) bond motifs is 1. The zero-order valence-electron chi connectivity index (χ0n) is 17.0. The van der Waals surface area contributed by atoms with Crippen LogP contribution in [0, 0.1) is 6.92 Å². The average molecular weight is 449 g/mol. The number of nitrogens with one attached hydrogen (secondary N) is 1. The minimum absolute atomic E-state index is 0.0593. The van der Waals surface area contributed by atoms with E-state index >= 15 is 0 Å². The summed E-state index contributed by atoms with van der Waals surface area (Å²) < 4.78 is 28.2. The molecule has 4 rings (SSSR count). The standard InChI is InChI=1S/C23H19N3O5S/c1-15-11-13-17(14-12-15)32(30,31)25-21-22(27)26(23(28)29)19-10-6-5-9-18(19)20(24-21)16-7-3-2-4-8-16/h2-14,21,25H,1H3,(H,28,29). The molecule has 1 unspecified atom stereocenters. The van der Waals surface area contributed by atoms with Gasteiger partial charge in [-0.2, -0.15) is 4.72 Å². The Morgan fingerprint density at radius 3 is 2.25 bits per heavy atom. The van der Waals surface area contributed by atoms with Gasteiger partial charge >= 0.3 is 6.09 Å². The summed E-state index contributed by atoms with van der Waals surface area (Å²) in [7, 11) is -4.17. The molecule has 32 heavy (non-hydrogen) atoms. The predicted molar refractivity (Wildman–Crippen MR) is 119 cm³/mol. The minimum Gasteiger partial charge on any atom is -0.464 e. The van der Waals surface area contributed by atoms with Crippen LogP contribution in [0.25, 0.3) is 0 Å². The van der Waals surface area contributed by atoms with E-state index in [2.05, 4.69) is 9.71 Å². The van der Waals surface area contributed by atoms with Crippen LogP contribution in [0.3, 0.4) is 0 Å². The Kier molecular flexibility index (Phi) is 5.60. The van der Waals surface area contributed by atoms with E-state index in [-0.39, 0.29) is 10.6 Å². The lowest BCUT2D eigenvalue weighted by molar-refractivity contribution is -0.119. The van der Waals surface area contributed by atoms with Gasteiger partial charge in [-0.25, -0.2) is 18.1 Å². The summed E-state index contributed by atoms with van der Waals surface area (Å²) in [4.78, 5) is 30.1. The van der Waals surface area contributed by atoms with E-state index in [9.17, 15) is 23.1 Å². The van der Waals surface area contributed by atoms with Gasteiger partial charge in [-0.3, -0.25) is 9.79 Å². The van der Waals surface area contributed by atoms with Gasteiger partial charge < -0.3 is 5.11 Å². The van der Waals surface area contributed by atoms with Crippen molar-refractivity contribution in [1.82, 2.24) is 4.72 Å². The molecule has 0 spiro atoms. The summed E-state index contributed by atoms with van der Waals surface area (Å²) in [6.07, 6.45) is -3.22. The monoisotopic (exact) mass is 449 g/mol. The summed E-state index contributed by atoms with van der Waals surface area (Å²) in [5, 5.41) is 9.78. The molecule has 1 heterocycles. The number of anilines is 1. The molecule has 2 N–H and O–H groups in total. The summed E-state index contributed by atoms with van der Waals surface area (Å²) >= 11 is 0. The smallest absolute Gasteiger partial charge is 0.418 e. The molecular formula is C23H19N3O5S. The van der Waals surface area contributed by atoms with Crippen LogP contribution in [0.15, 0.2) is 88.8 Å². The first-order chi connectivity index (χ1) is 15.3. The second-order valence-corrected chi connectivity index (χ2v) is 8.87. The Balaban J connectivity index is 1.87. The van der Waals surface area contributed by atoms with Crippen LogP contribution in [-0.2, 0) is 14.8 Å². The molecule has 0 fully saturated rings. The highest BCUT2D eigenvalue weighted by atomic mass is 32.2. The molecule has 0 bridgehead atoms. The third-order valence-electron chi connectivity index (χ3n) is 4.95. The molecule has 1 aliphatic rings. The maximum absolute atomic E-state index is 13.2. The van der Waals surface area contributed by atoms with Gasteiger partial charge in [0.25, 0.3) is 5.91 Å². The van der Waals surface area contributed by atoms with Gasteiger partial charge in [-0.15, -0.1) is 0 Å². The number of benzodiazepines with no additional fused rings is 1. The van der Waals surface area contributed by atoms with E-state index in [4.69, 9.17) is 0 Å². The second-order valence-electron chi connectivity index (χ2n) is 7.15. The predicted octanol–water partition coefficient (Wildman–Crippen LogP) is 3.16. The number of amides is 2. The van der Waals surface area contributed by atoms with E-state index in [1.807, 2.05) is 6.92 Å². The molecule has 3 aromatic rings. The van der Waals surface area contributed by atoms with Gasteiger partial charge in [0.2, 0.25) is 10.0 Å². The zero-order chi connectivity index (χ0) is 22.9. The highest BCUT2D eigenvalue weighted by molar-refractivity contribution is 7.89. The number of aliphatic imine (C=N–C) groups is 1. The quantitative estimate of drug-likeness (QED) is 0.635. The number of carbonyl (C=O) groups is 2. The largest absolute Gasteiger partial charge is 0.464 e. The molecule has 1 atom stereocenters. The second kappa shape index (κ2) is 8.37. The molecule has 0 aliphatic carbocycles. The van der Waals surface area contributed by atoms with Gasteiger partial charge in [0.15, 0.2) is 6.17 Å². The highest BCUT2D eigenvalue weighted by Crippen LogP contribution is 2.28. The summed E-state index contributed by atoms with van der Waals surface area (Å²) in [5.74, 6) is -1.02. The molecule has 3 aromatic carbocycles. The van der Waals surface area contributed by atoms with E-state index in [0.717, 1.165) is 5.56 Å². The van der Waals surface area contributed by atoms with Crippen molar-refractivity contribution in [3.63, 3.8) is 0 Å². The number of hydrogen-bond donors (Lipinski definition) is 2. The number of rotatable bonds is 4. The topological polar surface area (TPSA) is 116 Å². The molecule has 0 saturated heterocycles. The number of nitrogens with zero attached hydrogens (tertiary/aromatic N) is 2. The average Bonchev–Trinajstić information content (AvgIpc) is 2.89. The Morgan fingerprint density at radius 1 is 0.969 bits per heavy atom. The van der Waals surface area contributed by atoms with Gasteiger partial charge in [0.05, 0.1) is 16.3 Å². The van der Waals surface area contributed by atoms with Crippen LogP contribution in [-0.4, -0.2) is 37.4 Å². The van der Waals surface area contributed by atoms with E-state index in [0.29, 0.717) is 21.7 Å². The van der Waals surface area contributed by atoms with Crippen molar-refractivity contribution in [3.8, 4) is 0 Å². The van der Waals surface area contributed by atoms with E-state index < -0.39 is 28.2 Å². The summed E-state index contributed by atoms with van der Waals surface area (Å²) in [6.45, 7) is 1.82. The van der Waals surface area contributed by atoms with Gasteiger partial charge in [-0.05, 0) is 25.1 Å². The Labute approximate surface area is 184 Å². The van der Waals surface area contributed by atoms with Crippen LogP contribution in [0.4, 0.5) is 10.5 Å². The molecule has 0 aromatic heterocycles. The molecule has 9 heteroatoms. The molecular weight excluding hydrogens is 430 g/mol. The Hall–Kier alpha value is -3.82. The Morgan fingerprint density at radius 2 is 1.59 bits per heavy atom. The van der Waals surface area contributed by atoms with Crippen molar-refractivity contribution >= 4 is 33.4 Å².